The molecule has 1 unspecified atom stereocenters. The van der Waals surface area contributed by atoms with Crippen LogP contribution in [0.4, 0.5) is 0 Å². The Kier molecular flexibility index (Phi) is 4.02. The van der Waals surface area contributed by atoms with Gasteiger partial charge in [0.25, 0.3) is 0 Å². The van der Waals surface area contributed by atoms with Crippen molar-refractivity contribution in [2.75, 3.05) is 26.7 Å². The minimum atomic E-state index is -0.391. The van der Waals surface area contributed by atoms with Crippen LogP contribution in [0.3, 0.4) is 0 Å². The molecule has 1 heterocycles. The average molecular weight is 235 g/mol. The zero-order valence-electron chi connectivity index (χ0n) is 10.6. The summed E-state index contributed by atoms with van der Waals surface area (Å²) in [5.41, 5.74) is 2.06. The molecule has 1 saturated heterocycles. The first-order valence-corrected chi connectivity index (χ1v) is 6.25. The van der Waals surface area contributed by atoms with Crippen LogP contribution in [0.5, 0.6) is 5.75 Å². The Hall–Kier alpha value is -1.06. The molecule has 0 aromatic heterocycles. The summed E-state index contributed by atoms with van der Waals surface area (Å²) in [6.45, 7) is 4.98. The molecule has 3 nitrogen and oxygen atoms in total. The molecule has 2 rings (SSSR count). The summed E-state index contributed by atoms with van der Waals surface area (Å²) in [5, 5.41) is 10.2. The molecule has 1 atom stereocenters. The second-order valence-electron chi connectivity index (χ2n) is 4.75. The van der Waals surface area contributed by atoms with Gasteiger partial charge in [-0.25, -0.2) is 0 Å². The van der Waals surface area contributed by atoms with Gasteiger partial charge in [0.1, 0.15) is 5.75 Å². The van der Waals surface area contributed by atoms with Crippen molar-refractivity contribution in [3.8, 4) is 5.75 Å². The third-order valence-corrected chi connectivity index (χ3v) is 3.43. The monoisotopic (exact) mass is 235 g/mol. The molecule has 1 aliphatic rings. The van der Waals surface area contributed by atoms with Crippen LogP contribution in [0.15, 0.2) is 18.2 Å². The first-order chi connectivity index (χ1) is 8.20. The van der Waals surface area contributed by atoms with Crippen molar-refractivity contribution in [1.29, 1.82) is 0 Å². The Morgan fingerprint density at radius 2 is 2.06 bits per heavy atom. The molecule has 0 amide bonds. The number of hydrogen-bond donors (Lipinski definition) is 1. The number of aliphatic hydroxyl groups is 1. The van der Waals surface area contributed by atoms with Crippen LogP contribution in [0.2, 0.25) is 0 Å². The maximum atomic E-state index is 10.2. The number of ether oxygens (including phenoxy) is 1. The quantitative estimate of drug-likeness (QED) is 0.868. The van der Waals surface area contributed by atoms with Crippen molar-refractivity contribution in [2.24, 2.45) is 0 Å². The van der Waals surface area contributed by atoms with Gasteiger partial charge in [-0.3, -0.25) is 0 Å². The SMILES string of the molecule is COc1ccc(C(O)CN2CCCC2)cc1C. The van der Waals surface area contributed by atoms with Crippen LogP contribution in [0, 0.1) is 6.92 Å². The Bertz CT molecular complexity index is 372. The van der Waals surface area contributed by atoms with Gasteiger partial charge in [0, 0.05) is 6.54 Å². The highest BCUT2D eigenvalue weighted by molar-refractivity contribution is 5.37. The maximum absolute atomic E-state index is 10.2. The van der Waals surface area contributed by atoms with Crippen molar-refractivity contribution >= 4 is 0 Å². The van der Waals surface area contributed by atoms with E-state index in [0.29, 0.717) is 0 Å². The molecule has 0 saturated carbocycles. The lowest BCUT2D eigenvalue weighted by atomic mass is 10.1. The van der Waals surface area contributed by atoms with Crippen molar-refractivity contribution in [2.45, 2.75) is 25.9 Å². The summed E-state index contributed by atoms with van der Waals surface area (Å²) < 4.78 is 5.22. The topological polar surface area (TPSA) is 32.7 Å². The predicted molar refractivity (Wildman–Crippen MR) is 68.4 cm³/mol. The molecule has 1 aromatic rings. The number of aryl methyl sites for hydroxylation is 1. The second kappa shape index (κ2) is 5.52. The van der Waals surface area contributed by atoms with Gasteiger partial charge in [0.2, 0.25) is 0 Å². The molecule has 94 valence electrons. The molecular formula is C14H21NO2. The van der Waals surface area contributed by atoms with E-state index in [4.69, 9.17) is 4.74 Å². The number of methoxy groups -OCH3 is 1. The van der Waals surface area contributed by atoms with Crippen molar-refractivity contribution in [1.82, 2.24) is 4.90 Å². The van der Waals surface area contributed by atoms with Gasteiger partial charge >= 0.3 is 0 Å². The number of likely N-dealkylation sites (tertiary alicyclic amines) is 1. The minimum Gasteiger partial charge on any atom is -0.496 e. The fraction of sp³-hybridized carbons (Fsp3) is 0.571. The van der Waals surface area contributed by atoms with E-state index in [0.717, 1.165) is 36.5 Å². The van der Waals surface area contributed by atoms with Gasteiger partial charge in [-0.05, 0) is 56.1 Å². The van der Waals surface area contributed by atoms with Crippen LogP contribution < -0.4 is 4.74 Å². The number of β-amino-alcohol motifs (C(OH)–C–C–N with tert-alkyl or cyclic N) is 1. The molecular weight excluding hydrogens is 214 g/mol. The van der Waals surface area contributed by atoms with Gasteiger partial charge in [-0.1, -0.05) is 6.07 Å². The molecule has 1 aliphatic heterocycles. The van der Waals surface area contributed by atoms with Gasteiger partial charge in [0.05, 0.1) is 13.2 Å². The first-order valence-electron chi connectivity index (χ1n) is 6.25. The van der Waals surface area contributed by atoms with Crippen LogP contribution in [-0.4, -0.2) is 36.8 Å². The maximum Gasteiger partial charge on any atom is 0.121 e. The largest absolute Gasteiger partial charge is 0.496 e. The zero-order chi connectivity index (χ0) is 12.3. The van der Waals surface area contributed by atoms with Gasteiger partial charge in [0.15, 0.2) is 0 Å². The van der Waals surface area contributed by atoms with E-state index in [2.05, 4.69) is 4.90 Å². The molecule has 1 fully saturated rings. The third kappa shape index (κ3) is 2.99. The van der Waals surface area contributed by atoms with Crippen molar-refractivity contribution in [3.05, 3.63) is 29.3 Å². The number of hydrogen-bond acceptors (Lipinski definition) is 3. The van der Waals surface area contributed by atoms with E-state index < -0.39 is 6.10 Å². The lowest BCUT2D eigenvalue weighted by Crippen LogP contribution is -2.25. The molecule has 0 radical (unpaired) electrons. The number of nitrogens with zero attached hydrogens (tertiary/aromatic N) is 1. The lowest BCUT2D eigenvalue weighted by Gasteiger charge is -2.20. The summed E-state index contributed by atoms with van der Waals surface area (Å²) in [6, 6.07) is 5.89. The highest BCUT2D eigenvalue weighted by Gasteiger charge is 2.17. The molecule has 0 aliphatic carbocycles. The van der Waals surface area contributed by atoms with Gasteiger partial charge in [-0.2, -0.15) is 0 Å². The fourth-order valence-corrected chi connectivity index (χ4v) is 2.42. The molecule has 0 bridgehead atoms. The molecule has 17 heavy (non-hydrogen) atoms. The summed E-state index contributed by atoms with van der Waals surface area (Å²) in [4.78, 5) is 2.32. The first kappa shape index (κ1) is 12.4. The molecule has 1 N–H and O–H groups in total. The Balaban J connectivity index is 2.02. The molecule has 1 aromatic carbocycles. The smallest absolute Gasteiger partial charge is 0.121 e. The van der Waals surface area contributed by atoms with Crippen LogP contribution in [-0.2, 0) is 0 Å². The molecule has 0 spiro atoms. The van der Waals surface area contributed by atoms with Crippen LogP contribution in [0.25, 0.3) is 0 Å². The summed E-state index contributed by atoms with van der Waals surface area (Å²) in [7, 11) is 1.67. The van der Waals surface area contributed by atoms with E-state index in [1.54, 1.807) is 7.11 Å². The average Bonchev–Trinajstić information content (AvgIpc) is 2.81. The van der Waals surface area contributed by atoms with E-state index >= 15 is 0 Å². The number of benzene rings is 1. The number of aliphatic hydroxyl groups excluding tert-OH is 1. The highest BCUT2D eigenvalue weighted by atomic mass is 16.5. The summed E-state index contributed by atoms with van der Waals surface area (Å²) >= 11 is 0. The Morgan fingerprint density at radius 3 is 2.65 bits per heavy atom. The summed E-state index contributed by atoms with van der Waals surface area (Å²) in [6.07, 6.45) is 2.13. The van der Waals surface area contributed by atoms with E-state index in [9.17, 15) is 5.11 Å². The summed E-state index contributed by atoms with van der Waals surface area (Å²) in [5.74, 6) is 0.877. The Morgan fingerprint density at radius 1 is 1.35 bits per heavy atom. The third-order valence-electron chi connectivity index (χ3n) is 3.43. The Labute approximate surface area is 103 Å². The van der Waals surface area contributed by atoms with Gasteiger partial charge < -0.3 is 14.7 Å². The van der Waals surface area contributed by atoms with Crippen molar-refractivity contribution < 1.29 is 9.84 Å². The van der Waals surface area contributed by atoms with Crippen LogP contribution >= 0.6 is 0 Å². The van der Waals surface area contributed by atoms with Crippen molar-refractivity contribution in [3.63, 3.8) is 0 Å². The highest BCUT2D eigenvalue weighted by Crippen LogP contribution is 2.23. The van der Waals surface area contributed by atoms with Crippen LogP contribution in [0.1, 0.15) is 30.1 Å². The minimum absolute atomic E-state index is 0.391. The van der Waals surface area contributed by atoms with Gasteiger partial charge in [-0.15, -0.1) is 0 Å². The number of rotatable bonds is 4. The molecule has 3 heteroatoms. The van der Waals surface area contributed by atoms with E-state index in [-0.39, 0.29) is 0 Å². The fourth-order valence-electron chi connectivity index (χ4n) is 2.42. The normalized spacial score (nSPS) is 18.3. The standard InChI is InChI=1S/C14H21NO2/c1-11-9-12(5-6-14(11)17-2)13(16)10-15-7-3-4-8-15/h5-6,9,13,16H,3-4,7-8,10H2,1-2H3. The predicted octanol–water partition coefficient (Wildman–Crippen LogP) is 2.13. The second-order valence-corrected chi connectivity index (χ2v) is 4.75. The van der Waals surface area contributed by atoms with E-state index in [1.165, 1.54) is 12.8 Å². The zero-order valence-corrected chi connectivity index (χ0v) is 10.6. The lowest BCUT2D eigenvalue weighted by molar-refractivity contribution is 0.126. The van der Waals surface area contributed by atoms with E-state index in [1.807, 2.05) is 25.1 Å².